The van der Waals surface area contributed by atoms with Gasteiger partial charge in [-0.3, -0.25) is 0 Å². The molecule has 0 amide bonds. The summed E-state index contributed by atoms with van der Waals surface area (Å²) >= 11 is 0. The van der Waals surface area contributed by atoms with Gasteiger partial charge in [-0.05, 0) is 0 Å². The van der Waals surface area contributed by atoms with E-state index in [1.807, 2.05) is 0 Å². The summed E-state index contributed by atoms with van der Waals surface area (Å²) < 4.78 is 64.4. The number of esters is 1. The summed E-state index contributed by atoms with van der Waals surface area (Å²) in [5.74, 6) is -8.39. The number of rotatable bonds is 2. The molecule has 20 heavy (non-hydrogen) atoms. The second kappa shape index (κ2) is 5.76. The van der Waals surface area contributed by atoms with Gasteiger partial charge in [0.1, 0.15) is 11.7 Å². The van der Waals surface area contributed by atoms with Gasteiger partial charge in [-0.2, -0.15) is 0 Å². The second-order valence-corrected chi connectivity index (χ2v) is 4.10. The predicted molar refractivity (Wildman–Crippen MR) is 59.2 cm³/mol. The Balaban J connectivity index is 2.57. The van der Waals surface area contributed by atoms with E-state index in [9.17, 15) is 22.4 Å². The Bertz CT molecular complexity index is 515. The van der Waals surface area contributed by atoms with Crippen LogP contribution in [0.5, 0.6) is 0 Å². The zero-order valence-corrected chi connectivity index (χ0v) is 10.4. The maximum atomic E-state index is 13.9. The van der Waals surface area contributed by atoms with E-state index in [0.29, 0.717) is 6.54 Å². The van der Waals surface area contributed by atoms with E-state index in [4.69, 9.17) is 4.74 Å². The van der Waals surface area contributed by atoms with Crippen molar-refractivity contribution in [2.24, 2.45) is 0 Å². The molecule has 110 valence electrons. The van der Waals surface area contributed by atoms with Gasteiger partial charge in [0.05, 0.1) is 19.3 Å². The standard InChI is InChI=1S/C12H11F4NO3/c1-19-12(18)7-10(15)8(13)6(9(14)11(7)16)5-4-17-2-3-20-5/h5,17H,2-4H2,1H3. The van der Waals surface area contributed by atoms with Crippen molar-refractivity contribution < 1.29 is 31.8 Å². The van der Waals surface area contributed by atoms with Crippen molar-refractivity contribution in [3.63, 3.8) is 0 Å². The van der Waals surface area contributed by atoms with Crippen LogP contribution in [0.3, 0.4) is 0 Å². The minimum absolute atomic E-state index is 0.00426. The predicted octanol–water partition coefficient (Wildman–Crippen LogP) is 1.69. The molecule has 0 aliphatic carbocycles. The molecular weight excluding hydrogens is 282 g/mol. The summed E-state index contributed by atoms with van der Waals surface area (Å²) in [7, 11) is 0.846. The van der Waals surface area contributed by atoms with Crippen LogP contribution in [0, 0.1) is 23.3 Å². The van der Waals surface area contributed by atoms with Gasteiger partial charge >= 0.3 is 5.97 Å². The SMILES string of the molecule is COC(=O)c1c(F)c(F)c(C2CNCCO2)c(F)c1F. The number of hydrogen-bond acceptors (Lipinski definition) is 4. The Morgan fingerprint density at radius 2 is 1.80 bits per heavy atom. The van der Waals surface area contributed by atoms with Crippen LogP contribution >= 0.6 is 0 Å². The minimum atomic E-state index is -1.79. The van der Waals surface area contributed by atoms with Gasteiger partial charge in [-0.25, -0.2) is 22.4 Å². The highest BCUT2D eigenvalue weighted by atomic mass is 19.2. The number of hydrogen-bond donors (Lipinski definition) is 1. The number of carbonyl (C=O) groups excluding carboxylic acids is 1. The van der Waals surface area contributed by atoms with E-state index in [2.05, 4.69) is 10.1 Å². The normalized spacial score (nSPS) is 18.9. The molecule has 1 heterocycles. The van der Waals surface area contributed by atoms with Crippen LogP contribution in [-0.4, -0.2) is 32.8 Å². The molecule has 0 bridgehead atoms. The van der Waals surface area contributed by atoms with Crippen molar-refractivity contribution in [2.75, 3.05) is 26.8 Å². The third kappa shape index (κ3) is 2.36. The molecule has 1 aromatic rings. The van der Waals surface area contributed by atoms with E-state index >= 15 is 0 Å². The third-order valence-corrected chi connectivity index (χ3v) is 2.94. The smallest absolute Gasteiger partial charge is 0.344 e. The van der Waals surface area contributed by atoms with Crippen molar-refractivity contribution in [2.45, 2.75) is 6.10 Å². The first-order chi connectivity index (χ1) is 9.49. The lowest BCUT2D eigenvalue weighted by molar-refractivity contribution is 0.0220. The topological polar surface area (TPSA) is 47.6 Å². The number of ether oxygens (including phenoxy) is 2. The first kappa shape index (κ1) is 14.7. The van der Waals surface area contributed by atoms with Gasteiger partial charge in [0, 0.05) is 13.1 Å². The zero-order chi connectivity index (χ0) is 14.9. The fourth-order valence-electron chi connectivity index (χ4n) is 1.96. The first-order valence-corrected chi connectivity index (χ1v) is 5.75. The molecule has 1 aliphatic heterocycles. The Labute approximate surface area is 111 Å². The number of benzene rings is 1. The lowest BCUT2D eigenvalue weighted by Crippen LogP contribution is -2.34. The molecule has 1 unspecified atom stereocenters. The van der Waals surface area contributed by atoms with E-state index in [-0.39, 0.29) is 13.2 Å². The third-order valence-electron chi connectivity index (χ3n) is 2.94. The first-order valence-electron chi connectivity index (χ1n) is 5.75. The van der Waals surface area contributed by atoms with E-state index < -0.39 is 46.5 Å². The van der Waals surface area contributed by atoms with Crippen LogP contribution < -0.4 is 5.32 Å². The number of nitrogens with one attached hydrogen (secondary N) is 1. The van der Waals surface area contributed by atoms with Gasteiger partial charge in [0.2, 0.25) is 0 Å². The summed E-state index contributed by atoms with van der Waals surface area (Å²) in [6.45, 7) is 0.612. The van der Waals surface area contributed by atoms with Crippen LogP contribution in [0.15, 0.2) is 0 Å². The van der Waals surface area contributed by atoms with Crippen LogP contribution in [0.2, 0.25) is 0 Å². The largest absolute Gasteiger partial charge is 0.465 e. The molecule has 2 rings (SSSR count). The maximum Gasteiger partial charge on any atom is 0.344 e. The van der Waals surface area contributed by atoms with Crippen LogP contribution in [0.4, 0.5) is 17.6 Å². The molecule has 1 N–H and O–H groups in total. The fraction of sp³-hybridized carbons (Fsp3) is 0.417. The van der Waals surface area contributed by atoms with Gasteiger partial charge in [0.15, 0.2) is 23.3 Å². The Kier molecular flexibility index (Phi) is 4.24. The van der Waals surface area contributed by atoms with Crippen molar-refractivity contribution in [1.82, 2.24) is 5.32 Å². The molecule has 0 saturated carbocycles. The minimum Gasteiger partial charge on any atom is -0.465 e. The number of carbonyl (C=O) groups is 1. The molecule has 0 aromatic heterocycles. The zero-order valence-electron chi connectivity index (χ0n) is 10.4. The number of halogens is 4. The van der Waals surface area contributed by atoms with Gasteiger partial charge < -0.3 is 14.8 Å². The molecule has 1 aliphatic rings. The summed E-state index contributed by atoms with van der Waals surface area (Å²) in [6, 6.07) is 0. The highest BCUT2D eigenvalue weighted by Crippen LogP contribution is 2.31. The monoisotopic (exact) mass is 293 g/mol. The van der Waals surface area contributed by atoms with Crippen molar-refractivity contribution >= 4 is 5.97 Å². The molecule has 8 heteroatoms. The van der Waals surface area contributed by atoms with Crippen molar-refractivity contribution in [1.29, 1.82) is 0 Å². The lowest BCUT2D eigenvalue weighted by Gasteiger charge is -2.25. The highest BCUT2D eigenvalue weighted by Gasteiger charge is 2.34. The fourth-order valence-corrected chi connectivity index (χ4v) is 1.96. The summed E-state index contributed by atoms with van der Waals surface area (Å²) in [5, 5.41) is 2.78. The van der Waals surface area contributed by atoms with Crippen LogP contribution in [0.25, 0.3) is 0 Å². The number of methoxy groups -OCH3 is 1. The molecule has 1 fully saturated rings. The molecule has 1 atom stereocenters. The molecule has 0 spiro atoms. The summed E-state index contributed by atoms with van der Waals surface area (Å²) in [6.07, 6.45) is -1.17. The Morgan fingerprint density at radius 1 is 1.20 bits per heavy atom. The van der Waals surface area contributed by atoms with Gasteiger partial charge in [-0.1, -0.05) is 0 Å². The molecular formula is C12H11F4NO3. The van der Waals surface area contributed by atoms with Gasteiger partial charge in [0.25, 0.3) is 0 Å². The van der Waals surface area contributed by atoms with Crippen LogP contribution in [0.1, 0.15) is 22.0 Å². The molecule has 4 nitrogen and oxygen atoms in total. The number of morpholine rings is 1. The van der Waals surface area contributed by atoms with E-state index in [1.54, 1.807) is 0 Å². The lowest BCUT2D eigenvalue weighted by atomic mass is 10.0. The molecule has 1 saturated heterocycles. The van der Waals surface area contributed by atoms with Crippen molar-refractivity contribution in [3.05, 3.63) is 34.4 Å². The molecule has 0 radical (unpaired) electrons. The Morgan fingerprint density at radius 3 is 2.25 bits per heavy atom. The average molecular weight is 293 g/mol. The van der Waals surface area contributed by atoms with Crippen molar-refractivity contribution in [3.8, 4) is 0 Å². The maximum absolute atomic E-state index is 13.9. The second-order valence-electron chi connectivity index (χ2n) is 4.10. The highest BCUT2D eigenvalue weighted by molar-refractivity contribution is 5.90. The van der Waals surface area contributed by atoms with Crippen LogP contribution in [-0.2, 0) is 9.47 Å². The molecule has 1 aromatic carbocycles. The quantitative estimate of drug-likeness (QED) is 0.512. The van der Waals surface area contributed by atoms with Gasteiger partial charge in [-0.15, -0.1) is 0 Å². The summed E-state index contributed by atoms with van der Waals surface area (Å²) in [5.41, 5.74) is -2.27. The van der Waals surface area contributed by atoms with E-state index in [0.717, 1.165) is 7.11 Å². The summed E-state index contributed by atoms with van der Waals surface area (Å²) in [4.78, 5) is 11.2. The average Bonchev–Trinajstić information content (AvgIpc) is 2.46. The Hall–Kier alpha value is -1.67. The van der Waals surface area contributed by atoms with E-state index in [1.165, 1.54) is 0 Å².